The number of benzene rings is 6. The van der Waals surface area contributed by atoms with Gasteiger partial charge in [-0.05, 0) is 71.3 Å². The Bertz CT molecular complexity index is 2570. The van der Waals surface area contributed by atoms with E-state index in [-0.39, 0.29) is 0 Å². The molecule has 5 heteroatoms. The summed E-state index contributed by atoms with van der Waals surface area (Å²) in [6, 6.07) is 45.8. The molecule has 44 heavy (non-hydrogen) atoms. The number of nitriles is 3. The van der Waals surface area contributed by atoms with Crippen LogP contribution >= 0.6 is 22.7 Å². The number of hydrogen-bond acceptors (Lipinski definition) is 5. The van der Waals surface area contributed by atoms with E-state index in [4.69, 9.17) is 0 Å². The van der Waals surface area contributed by atoms with Crippen LogP contribution in [0.4, 0.5) is 0 Å². The van der Waals surface area contributed by atoms with E-state index in [0.717, 1.165) is 27.0 Å². The van der Waals surface area contributed by atoms with Crippen molar-refractivity contribution in [1.82, 2.24) is 0 Å². The summed E-state index contributed by atoms with van der Waals surface area (Å²) >= 11 is 3.50. The van der Waals surface area contributed by atoms with Crippen LogP contribution < -0.4 is 0 Å². The first-order chi connectivity index (χ1) is 21.7. The molecule has 3 nitrogen and oxygen atoms in total. The van der Waals surface area contributed by atoms with E-state index in [0.29, 0.717) is 27.8 Å². The van der Waals surface area contributed by atoms with Gasteiger partial charge in [-0.3, -0.25) is 0 Å². The van der Waals surface area contributed by atoms with Crippen molar-refractivity contribution in [2.75, 3.05) is 0 Å². The van der Waals surface area contributed by atoms with Crippen molar-refractivity contribution in [2.45, 2.75) is 0 Å². The normalized spacial score (nSPS) is 11.1. The summed E-state index contributed by atoms with van der Waals surface area (Å²) in [4.78, 5) is 0. The van der Waals surface area contributed by atoms with Crippen molar-refractivity contribution in [3.63, 3.8) is 0 Å². The maximum absolute atomic E-state index is 10.7. The quantitative estimate of drug-likeness (QED) is 0.205. The van der Waals surface area contributed by atoms with Crippen LogP contribution in [0.2, 0.25) is 0 Å². The number of fused-ring (bicyclic) bond motifs is 6. The third kappa shape index (κ3) is 3.98. The van der Waals surface area contributed by atoms with Crippen LogP contribution in [-0.4, -0.2) is 0 Å². The summed E-state index contributed by atoms with van der Waals surface area (Å²) in [6.45, 7) is 0. The summed E-state index contributed by atoms with van der Waals surface area (Å²) < 4.78 is 4.80. The second kappa shape index (κ2) is 10.2. The Balaban J connectivity index is 1.44. The van der Waals surface area contributed by atoms with Crippen molar-refractivity contribution in [3.8, 4) is 51.6 Å². The molecule has 0 aliphatic carbocycles. The Morgan fingerprint density at radius 1 is 0.409 bits per heavy atom. The van der Waals surface area contributed by atoms with Gasteiger partial charge in [-0.15, -0.1) is 22.7 Å². The van der Waals surface area contributed by atoms with E-state index in [1.165, 1.54) is 35.6 Å². The molecule has 8 aromatic rings. The minimum absolute atomic E-state index is 0.364. The zero-order valence-corrected chi connectivity index (χ0v) is 24.8. The van der Waals surface area contributed by atoms with Crippen molar-refractivity contribution in [1.29, 1.82) is 15.8 Å². The Hall–Kier alpha value is -5.77. The topological polar surface area (TPSA) is 71.4 Å². The molecule has 0 saturated carbocycles. The molecule has 0 unspecified atom stereocenters. The van der Waals surface area contributed by atoms with Crippen LogP contribution in [0.5, 0.6) is 0 Å². The molecule has 0 aliphatic heterocycles. The Labute approximate surface area is 261 Å². The fourth-order valence-electron chi connectivity index (χ4n) is 6.18. The molecule has 6 aromatic carbocycles. The molecule has 0 aliphatic rings. The van der Waals surface area contributed by atoms with Crippen molar-refractivity contribution < 1.29 is 0 Å². The van der Waals surface area contributed by atoms with Crippen LogP contribution in [0.15, 0.2) is 115 Å². The minimum Gasteiger partial charge on any atom is -0.192 e. The zero-order valence-electron chi connectivity index (χ0n) is 23.1. The second-order valence-corrected chi connectivity index (χ2v) is 12.8. The highest BCUT2D eigenvalue weighted by atomic mass is 32.1. The highest BCUT2D eigenvalue weighted by Crippen LogP contribution is 2.43. The number of nitrogens with zero attached hydrogens (tertiary/aromatic N) is 3. The van der Waals surface area contributed by atoms with Crippen LogP contribution in [-0.2, 0) is 0 Å². The van der Waals surface area contributed by atoms with Gasteiger partial charge in [0.2, 0.25) is 0 Å². The fraction of sp³-hybridized carbons (Fsp3) is 0. The molecule has 202 valence electrons. The van der Waals surface area contributed by atoms with E-state index >= 15 is 0 Å². The average Bonchev–Trinajstić information content (AvgIpc) is 3.64. The molecule has 2 heterocycles. The van der Waals surface area contributed by atoms with E-state index in [2.05, 4.69) is 109 Å². The van der Waals surface area contributed by atoms with E-state index in [1.54, 1.807) is 40.9 Å². The summed E-state index contributed by atoms with van der Waals surface area (Å²) in [6.07, 6.45) is 0. The first-order valence-electron chi connectivity index (χ1n) is 14.0. The molecule has 0 radical (unpaired) electrons. The second-order valence-electron chi connectivity index (χ2n) is 10.6. The van der Waals surface area contributed by atoms with Gasteiger partial charge in [-0.25, -0.2) is 0 Å². The summed E-state index contributed by atoms with van der Waals surface area (Å²) in [5.41, 5.74) is 5.84. The van der Waals surface area contributed by atoms with Crippen LogP contribution in [0.3, 0.4) is 0 Å². The Morgan fingerprint density at radius 2 is 1.00 bits per heavy atom. The molecule has 0 fully saturated rings. The van der Waals surface area contributed by atoms with Gasteiger partial charge in [0.25, 0.3) is 0 Å². The predicted molar refractivity (Wildman–Crippen MR) is 183 cm³/mol. The van der Waals surface area contributed by atoms with Gasteiger partial charge in [0.05, 0.1) is 28.8 Å². The maximum atomic E-state index is 10.7. The number of rotatable bonds is 3. The Morgan fingerprint density at radius 3 is 1.70 bits per heavy atom. The number of thiophene rings is 2. The van der Waals surface area contributed by atoms with E-state index in [1.807, 2.05) is 6.07 Å². The molecule has 0 amide bonds. The van der Waals surface area contributed by atoms with Crippen LogP contribution in [0.1, 0.15) is 16.7 Å². The molecule has 0 spiro atoms. The summed E-state index contributed by atoms with van der Waals surface area (Å²) in [5, 5.41) is 35.6. The molecule has 2 aromatic heterocycles. The fourth-order valence-corrected chi connectivity index (χ4v) is 8.41. The van der Waals surface area contributed by atoms with Gasteiger partial charge >= 0.3 is 0 Å². The summed E-state index contributed by atoms with van der Waals surface area (Å²) in [7, 11) is 0. The molecule has 0 N–H and O–H groups in total. The smallest absolute Gasteiger partial charge is 0.100 e. The van der Waals surface area contributed by atoms with Gasteiger partial charge < -0.3 is 0 Å². The van der Waals surface area contributed by atoms with Crippen molar-refractivity contribution in [3.05, 3.63) is 132 Å². The first-order valence-corrected chi connectivity index (χ1v) is 15.6. The van der Waals surface area contributed by atoms with E-state index < -0.39 is 0 Å². The van der Waals surface area contributed by atoms with Crippen LogP contribution in [0.25, 0.3) is 73.7 Å². The minimum atomic E-state index is 0.364. The predicted octanol–water partition coefficient (Wildman–Crippen LogP) is 11.0. The van der Waals surface area contributed by atoms with Gasteiger partial charge in [0.1, 0.15) is 6.07 Å². The first kappa shape index (κ1) is 25.9. The third-order valence-electron chi connectivity index (χ3n) is 8.22. The molecular formula is C39H19N3S2. The average molecular weight is 594 g/mol. The van der Waals surface area contributed by atoms with Crippen molar-refractivity contribution >= 4 is 63.0 Å². The third-order valence-corrected chi connectivity index (χ3v) is 10.5. The lowest BCUT2D eigenvalue weighted by molar-refractivity contribution is 1.42. The van der Waals surface area contributed by atoms with Gasteiger partial charge in [0.15, 0.2) is 0 Å². The van der Waals surface area contributed by atoms with Gasteiger partial charge in [-0.1, -0.05) is 60.7 Å². The van der Waals surface area contributed by atoms with Gasteiger partial charge in [0, 0.05) is 57.0 Å². The largest absolute Gasteiger partial charge is 0.192 e. The van der Waals surface area contributed by atoms with Crippen molar-refractivity contribution in [2.24, 2.45) is 0 Å². The lowest BCUT2D eigenvalue weighted by Gasteiger charge is -2.16. The molecular weight excluding hydrogens is 575 g/mol. The Kier molecular flexibility index (Phi) is 6.00. The SMILES string of the molecule is N#Cc1cccc(C#N)c1-c1cc(-c2ccc3sc4ccccc4c3c2)cc(-c2ccc3c(c2)sc2ccccc23)c1C#N. The molecule has 0 bridgehead atoms. The van der Waals surface area contributed by atoms with Crippen LogP contribution in [0, 0.1) is 34.0 Å². The monoisotopic (exact) mass is 593 g/mol. The lowest BCUT2D eigenvalue weighted by atomic mass is 9.85. The highest BCUT2D eigenvalue weighted by molar-refractivity contribution is 7.26. The number of hydrogen-bond donors (Lipinski definition) is 0. The molecule has 0 atom stereocenters. The van der Waals surface area contributed by atoms with Gasteiger partial charge in [-0.2, -0.15) is 15.8 Å². The van der Waals surface area contributed by atoms with E-state index in [9.17, 15) is 15.8 Å². The lowest BCUT2D eigenvalue weighted by Crippen LogP contribution is -1.97. The standard InChI is InChI=1S/C39H19N3S2/c40-20-25-6-5-7-26(21-41)39(25)33-18-27(23-13-15-37-32(16-23)29-9-2-4-11-36(29)43-37)17-31(34(33)22-42)24-12-14-30-28-8-1-3-10-35(28)44-38(30)19-24/h1-19H. The molecule has 8 rings (SSSR count). The highest BCUT2D eigenvalue weighted by Gasteiger charge is 2.21. The zero-order chi connectivity index (χ0) is 29.8. The maximum Gasteiger partial charge on any atom is 0.100 e. The molecule has 0 saturated heterocycles. The summed E-state index contributed by atoms with van der Waals surface area (Å²) in [5.74, 6) is 0.